The number of alkyl halides is 3. The number of hydrogen-bond donors (Lipinski definition) is 4. The summed E-state index contributed by atoms with van der Waals surface area (Å²) in [5, 5.41) is 16.5. The Bertz CT molecular complexity index is 1450. The van der Waals surface area contributed by atoms with E-state index in [2.05, 4.69) is 4.98 Å². The van der Waals surface area contributed by atoms with Gasteiger partial charge in [-0.1, -0.05) is 42.5 Å². The lowest BCUT2D eigenvalue weighted by molar-refractivity contribution is -0.192. The van der Waals surface area contributed by atoms with Gasteiger partial charge in [-0.15, -0.1) is 11.3 Å². The predicted octanol–water partition coefficient (Wildman–Crippen LogP) is 3.91. The number of carbonyl (C=O) groups is 4. The van der Waals surface area contributed by atoms with Crippen LogP contribution in [0.4, 0.5) is 18.9 Å². The molecule has 0 radical (unpaired) electrons. The molecule has 0 fully saturated rings. The lowest BCUT2D eigenvalue weighted by atomic mass is 10.1. The van der Waals surface area contributed by atoms with Gasteiger partial charge in [0.1, 0.15) is 6.54 Å². The normalized spacial score (nSPS) is 10.4. The van der Waals surface area contributed by atoms with Crippen molar-refractivity contribution in [2.24, 2.45) is 11.5 Å². The van der Waals surface area contributed by atoms with Gasteiger partial charge in [-0.05, 0) is 42.0 Å². The molecule has 0 aliphatic rings. The number of carbonyl (C=O) groups excluding carboxylic acids is 2. The van der Waals surface area contributed by atoms with Gasteiger partial charge in [0, 0.05) is 17.8 Å². The average molecular weight is 577 g/mol. The predicted molar refractivity (Wildman–Crippen MR) is 142 cm³/mol. The number of benzene rings is 3. The van der Waals surface area contributed by atoms with Gasteiger partial charge in [0.15, 0.2) is 5.01 Å². The van der Waals surface area contributed by atoms with Crippen molar-refractivity contribution in [2.75, 3.05) is 11.4 Å². The van der Waals surface area contributed by atoms with Gasteiger partial charge in [0.25, 0.3) is 11.8 Å². The number of amides is 2. The minimum atomic E-state index is -5.08. The molecule has 6 N–H and O–H groups in total. The Kier molecular flexibility index (Phi) is 11.3. The summed E-state index contributed by atoms with van der Waals surface area (Å²) in [4.78, 5) is 48.5. The lowest BCUT2D eigenvalue weighted by Gasteiger charge is -2.21. The first-order valence-electron chi connectivity index (χ1n) is 11.2. The molecule has 0 saturated heterocycles. The van der Waals surface area contributed by atoms with E-state index in [1.54, 1.807) is 42.5 Å². The molecular weight excluding hydrogens is 553 g/mol. The van der Waals surface area contributed by atoms with Crippen LogP contribution >= 0.6 is 11.3 Å². The largest absolute Gasteiger partial charge is 0.490 e. The topological polar surface area (TPSA) is 177 Å². The van der Waals surface area contributed by atoms with Gasteiger partial charge in [0.2, 0.25) is 0 Å². The Hall–Kier alpha value is -4.82. The highest BCUT2D eigenvalue weighted by atomic mass is 32.1. The van der Waals surface area contributed by atoms with Gasteiger partial charge in [-0.25, -0.2) is 9.78 Å². The van der Waals surface area contributed by atoms with E-state index in [0.29, 0.717) is 22.8 Å². The van der Waals surface area contributed by atoms with Gasteiger partial charge >= 0.3 is 18.1 Å². The number of primary amides is 1. The van der Waals surface area contributed by atoms with E-state index in [9.17, 15) is 27.6 Å². The number of para-hydroxylation sites is 2. The molecule has 10 nitrogen and oxygen atoms in total. The second kappa shape index (κ2) is 14.4. The lowest BCUT2D eigenvalue weighted by Crippen LogP contribution is -2.35. The van der Waals surface area contributed by atoms with Crippen LogP contribution in [0, 0.1) is 0 Å². The summed E-state index contributed by atoms with van der Waals surface area (Å²) in [6.45, 7) is -0.0684. The number of aromatic nitrogens is 1. The van der Waals surface area contributed by atoms with Gasteiger partial charge in [-0.2, -0.15) is 13.2 Å². The van der Waals surface area contributed by atoms with Crippen LogP contribution in [-0.4, -0.2) is 51.7 Å². The maximum absolute atomic E-state index is 12.6. The molecule has 0 spiro atoms. The standard InChI is InChI=1S/C16H16N2O3.C8H6N2OS.C2HF3O2/c17-10-12-5-4-6-13(9-12)16(21)18(11-15(19)20)14-7-2-1-3-8-14;9-7(11)8-10-5-3-1-2-4-6(5)12-8;3-2(4,5)1(6)7/h1-9H,10-11,17H2,(H,19,20);1-4H,(H2,9,11);(H,6,7). The fourth-order valence-corrected chi connectivity index (χ4v) is 3.81. The SMILES string of the molecule is NC(=O)c1nc2ccccc2s1.NCc1cccc(C(=O)N(CC(=O)O)c2ccccc2)c1.O=C(O)C(F)(F)F. The maximum Gasteiger partial charge on any atom is 0.490 e. The van der Waals surface area contributed by atoms with Crippen LogP contribution in [0.15, 0.2) is 78.9 Å². The number of hydrogen-bond acceptors (Lipinski definition) is 7. The summed E-state index contributed by atoms with van der Waals surface area (Å²) in [5.41, 5.74) is 13.3. The molecule has 4 aromatic rings. The van der Waals surface area contributed by atoms with E-state index in [1.807, 2.05) is 36.4 Å². The number of anilines is 1. The van der Waals surface area contributed by atoms with Crippen molar-refractivity contribution in [3.8, 4) is 0 Å². The monoisotopic (exact) mass is 576 g/mol. The summed E-state index contributed by atoms with van der Waals surface area (Å²) in [6, 6.07) is 23.2. The summed E-state index contributed by atoms with van der Waals surface area (Å²) < 4.78 is 32.7. The number of rotatable bonds is 6. The van der Waals surface area contributed by atoms with Gasteiger partial charge in [0.05, 0.1) is 10.2 Å². The number of thiazole rings is 1. The molecule has 0 bridgehead atoms. The third kappa shape index (κ3) is 9.49. The highest BCUT2D eigenvalue weighted by Gasteiger charge is 2.38. The molecule has 1 heterocycles. The Morgan fingerprint density at radius 1 is 0.900 bits per heavy atom. The second-order valence-electron chi connectivity index (χ2n) is 7.68. The molecule has 0 unspecified atom stereocenters. The van der Waals surface area contributed by atoms with Crippen molar-refractivity contribution in [3.63, 3.8) is 0 Å². The Balaban J connectivity index is 0.000000247. The van der Waals surface area contributed by atoms with Crippen molar-refractivity contribution >= 4 is 51.0 Å². The number of carboxylic acids is 2. The van der Waals surface area contributed by atoms with E-state index >= 15 is 0 Å². The number of carboxylic acid groups (broad SMARTS) is 2. The molecule has 2 amide bonds. The Morgan fingerprint density at radius 2 is 1.50 bits per heavy atom. The van der Waals surface area contributed by atoms with Gasteiger partial charge in [-0.3, -0.25) is 19.3 Å². The number of fused-ring (bicyclic) bond motifs is 1. The third-order valence-corrected chi connectivity index (χ3v) is 5.81. The quantitative estimate of drug-likeness (QED) is 0.267. The number of aliphatic carboxylic acids is 2. The van der Waals surface area contributed by atoms with Crippen LogP contribution in [0.1, 0.15) is 25.7 Å². The van der Waals surface area contributed by atoms with E-state index in [0.717, 1.165) is 15.8 Å². The molecule has 3 aromatic carbocycles. The van der Waals surface area contributed by atoms with E-state index in [1.165, 1.54) is 16.2 Å². The van der Waals surface area contributed by atoms with Crippen molar-refractivity contribution in [1.29, 1.82) is 0 Å². The number of halogens is 3. The molecule has 14 heteroatoms. The summed E-state index contributed by atoms with van der Waals surface area (Å²) >= 11 is 1.32. The van der Waals surface area contributed by atoms with Crippen molar-refractivity contribution < 1.29 is 42.6 Å². The zero-order valence-corrected chi connectivity index (χ0v) is 21.4. The smallest absolute Gasteiger partial charge is 0.480 e. The van der Waals surface area contributed by atoms with Crippen molar-refractivity contribution in [2.45, 2.75) is 12.7 Å². The highest BCUT2D eigenvalue weighted by Crippen LogP contribution is 2.21. The zero-order valence-electron chi connectivity index (χ0n) is 20.5. The van der Waals surface area contributed by atoms with E-state index in [-0.39, 0.29) is 5.91 Å². The molecule has 210 valence electrons. The fraction of sp³-hybridized carbons (Fsp3) is 0.115. The van der Waals surface area contributed by atoms with Crippen LogP contribution in [0.25, 0.3) is 10.2 Å². The highest BCUT2D eigenvalue weighted by molar-refractivity contribution is 7.20. The maximum atomic E-state index is 12.6. The first-order valence-corrected chi connectivity index (χ1v) is 12.0. The van der Waals surface area contributed by atoms with Crippen LogP contribution < -0.4 is 16.4 Å². The average Bonchev–Trinajstić information content (AvgIpc) is 3.37. The molecule has 0 aliphatic heterocycles. The van der Waals surface area contributed by atoms with Crippen LogP contribution in [0.3, 0.4) is 0 Å². The Labute approximate surface area is 229 Å². The molecule has 0 aliphatic carbocycles. The minimum absolute atomic E-state index is 0.325. The molecular formula is C26H23F3N4O6S. The molecule has 1 aromatic heterocycles. The van der Waals surface area contributed by atoms with E-state index in [4.69, 9.17) is 26.5 Å². The number of nitrogens with zero attached hydrogens (tertiary/aromatic N) is 2. The van der Waals surface area contributed by atoms with Crippen molar-refractivity contribution in [1.82, 2.24) is 4.98 Å². The first-order chi connectivity index (χ1) is 18.8. The van der Waals surface area contributed by atoms with Crippen molar-refractivity contribution in [3.05, 3.63) is 95.0 Å². The first kappa shape index (κ1) is 31.4. The summed E-state index contributed by atoms with van der Waals surface area (Å²) in [7, 11) is 0. The van der Waals surface area contributed by atoms with Gasteiger partial charge < -0.3 is 21.7 Å². The second-order valence-corrected chi connectivity index (χ2v) is 8.71. The van der Waals surface area contributed by atoms with Crippen LogP contribution in [0.2, 0.25) is 0 Å². The number of nitrogens with two attached hydrogens (primary N) is 2. The van der Waals surface area contributed by atoms with E-state index < -0.39 is 30.6 Å². The summed E-state index contributed by atoms with van der Waals surface area (Å²) in [5.74, 6) is -4.65. The fourth-order valence-electron chi connectivity index (χ4n) is 2.99. The Morgan fingerprint density at radius 3 is 2.02 bits per heavy atom. The third-order valence-electron chi connectivity index (χ3n) is 4.76. The zero-order chi connectivity index (χ0) is 29.9. The minimum Gasteiger partial charge on any atom is -0.480 e. The molecule has 0 saturated carbocycles. The van der Waals surface area contributed by atoms with Crippen LogP contribution in [-0.2, 0) is 16.1 Å². The molecule has 40 heavy (non-hydrogen) atoms. The molecule has 4 rings (SSSR count). The van der Waals surface area contributed by atoms with Crippen LogP contribution in [0.5, 0.6) is 0 Å². The summed E-state index contributed by atoms with van der Waals surface area (Å²) in [6.07, 6.45) is -5.08. The molecule has 0 atom stereocenters.